The van der Waals surface area contributed by atoms with Gasteiger partial charge in [-0.05, 0) is 36.2 Å². The number of hydrogen-bond acceptors (Lipinski definition) is 3. The van der Waals surface area contributed by atoms with Gasteiger partial charge in [0.2, 0.25) is 0 Å². The minimum atomic E-state index is -3.35. The molecule has 19 heavy (non-hydrogen) atoms. The van der Waals surface area contributed by atoms with Gasteiger partial charge in [-0.3, -0.25) is 0 Å². The SMILES string of the molecule is Cc1ccccc1S(=O)(=O)Cc1ccc(C#N)cc1. The van der Waals surface area contributed by atoms with Gasteiger partial charge in [0.15, 0.2) is 9.84 Å². The standard InChI is InChI=1S/C15H13NO2S/c1-12-4-2-3-5-15(12)19(17,18)11-14-8-6-13(10-16)7-9-14/h2-9H,11H2,1H3. The van der Waals surface area contributed by atoms with Crippen LogP contribution in [0, 0.1) is 18.3 Å². The third-order valence-electron chi connectivity index (χ3n) is 2.87. The maximum absolute atomic E-state index is 12.3. The van der Waals surface area contributed by atoms with Crippen LogP contribution in [0.4, 0.5) is 0 Å². The van der Waals surface area contributed by atoms with Crippen molar-refractivity contribution in [1.82, 2.24) is 0 Å². The van der Waals surface area contributed by atoms with Crippen molar-refractivity contribution in [2.45, 2.75) is 17.6 Å². The van der Waals surface area contributed by atoms with Crippen LogP contribution in [0.15, 0.2) is 53.4 Å². The molecule has 0 atom stereocenters. The van der Waals surface area contributed by atoms with Gasteiger partial charge in [0.05, 0.1) is 22.3 Å². The number of sulfone groups is 1. The monoisotopic (exact) mass is 271 g/mol. The van der Waals surface area contributed by atoms with Gasteiger partial charge < -0.3 is 0 Å². The molecule has 3 nitrogen and oxygen atoms in total. The normalized spacial score (nSPS) is 10.9. The van der Waals surface area contributed by atoms with Crippen molar-refractivity contribution in [3.63, 3.8) is 0 Å². The molecule has 0 unspecified atom stereocenters. The lowest BCUT2D eigenvalue weighted by atomic mass is 10.2. The fraction of sp³-hybridized carbons (Fsp3) is 0.133. The van der Waals surface area contributed by atoms with Crippen LogP contribution < -0.4 is 0 Å². The van der Waals surface area contributed by atoms with Crippen molar-refractivity contribution in [1.29, 1.82) is 5.26 Å². The summed E-state index contributed by atoms with van der Waals surface area (Å²) in [4.78, 5) is 0.361. The highest BCUT2D eigenvalue weighted by Crippen LogP contribution is 2.20. The molecular weight excluding hydrogens is 258 g/mol. The van der Waals surface area contributed by atoms with E-state index in [0.29, 0.717) is 16.0 Å². The summed E-state index contributed by atoms with van der Waals surface area (Å²) in [5, 5.41) is 8.71. The van der Waals surface area contributed by atoms with E-state index in [9.17, 15) is 8.42 Å². The van der Waals surface area contributed by atoms with Crippen molar-refractivity contribution in [3.05, 3.63) is 65.2 Å². The summed E-state index contributed by atoms with van der Waals surface area (Å²) < 4.78 is 24.6. The molecule has 0 radical (unpaired) electrons. The molecule has 0 fully saturated rings. The first kappa shape index (κ1) is 13.3. The second-order valence-electron chi connectivity index (χ2n) is 4.33. The number of aryl methyl sites for hydroxylation is 1. The van der Waals surface area contributed by atoms with Crippen LogP contribution in [0.5, 0.6) is 0 Å². The van der Waals surface area contributed by atoms with Gasteiger partial charge in [-0.15, -0.1) is 0 Å². The first-order valence-electron chi connectivity index (χ1n) is 5.80. The Bertz CT molecular complexity index is 725. The van der Waals surface area contributed by atoms with Crippen molar-refractivity contribution >= 4 is 9.84 Å². The summed E-state index contributed by atoms with van der Waals surface area (Å²) in [5.74, 6) is -0.0520. The summed E-state index contributed by atoms with van der Waals surface area (Å²) in [6.07, 6.45) is 0. The lowest BCUT2D eigenvalue weighted by molar-refractivity contribution is 0.594. The van der Waals surface area contributed by atoms with Crippen LogP contribution >= 0.6 is 0 Å². The number of nitrogens with zero attached hydrogens (tertiary/aromatic N) is 1. The number of nitriles is 1. The Balaban J connectivity index is 2.32. The van der Waals surface area contributed by atoms with Gasteiger partial charge in [-0.25, -0.2) is 8.42 Å². The highest BCUT2D eigenvalue weighted by Gasteiger charge is 2.17. The van der Waals surface area contributed by atoms with Gasteiger partial charge >= 0.3 is 0 Å². The van der Waals surface area contributed by atoms with Gasteiger partial charge in [-0.2, -0.15) is 5.26 Å². The average molecular weight is 271 g/mol. The molecule has 96 valence electrons. The summed E-state index contributed by atoms with van der Waals surface area (Å²) in [5.41, 5.74) is 1.95. The van der Waals surface area contributed by atoms with Crippen LogP contribution in [0.2, 0.25) is 0 Å². The molecular formula is C15H13NO2S. The lowest BCUT2D eigenvalue weighted by Gasteiger charge is -2.07. The van der Waals surface area contributed by atoms with Crippen LogP contribution in [0.1, 0.15) is 16.7 Å². The maximum Gasteiger partial charge on any atom is 0.182 e. The maximum atomic E-state index is 12.3. The average Bonchev–Trinajstić information content (AvgIpc) is 2.39. The first-order chi connectivity index (χ1) is 9.03. The van der Waals surface area contributed by atoms with E-state index in [0.717, 1.165) is 5.56 Å². The van der Waals surface area contributed by atoms with Crippen LogP contribution in [0.3, 0.4) is 0 Å². The summed E-state index contributed by atoms with van der Waals surface area (Å²) in [6, 6.07) is 15.6. The van der Waals surface area contributed by atoms with Gasteiger partial charge in [0.25, 0.3) is 0 Å². The second kappa shape index (κ2) is 5.25. The number of hydrogen-bond donors (Lipinski definition) is 0. The molecule has 0 heterocycles. The van der Waals surface area contributed by atoms with E-state index in [1.165, 1.54) is 0 Å². The van der Waals surface area contributed by atoms with E-state index < -0.39 is 9.84 Å². The zero-order valence-electron chi connectivity index (χ0n) is 10.5. The van der Waals surface area contributed by atoms with Crippen molar-refractivity contribution in [2.75, 3.05) is 0 Å². The van der Waals surface area contributed by atoms with Gasteiger partial charge in [0, 0.05) is 0 Å². The van der Waals surface area contributed by atoms with Crippen LogP contribution in [-0.4, -0.2) is 8.42 Å². The molecule has 0 aliphatic rings. The van der Waals surface area contributed by atoms with E-state index >= 15 is 0 Å². The molecule has 0 aliphatic heterocycles. The second-order valence-corrected chi connectivity index (χ2v) is 6.29. The zero-order chi connectivity index (χ0) is 13.9. The molecule has 0 amide bonds. The third kappa shape index (κ3) is 3.01. The predicted molar refractivity (Wildman–Crippen MR) is 73.2 cm³/mol. The highest BCUT2D eigenvalue weighted by atomic mass is 32.2. The van der Waals surface area contributed by atoms with E-state index in [1.54, 1.807) is 49.4 Å². The Morgan fingerprint density at radius 1 is 1.05 bits per heavy atom. The van der Waals surface area contributed by atoms with E-state index in [-0.39, 0.29) is 5.75 Å². The molecule has 0 saturated carbocycles. The molecule has 2 aromatic rings. The Kier molecular flexibility index (Phi) is 3.68. The summed E-state index contributed by atoms with van der Waals surface area (Å²) >= 11 is 0. The Hall–Kier alpha value is -2.12. The molecule has 0 bridgehead atoms. The lowest BCUT2D eigenvalue weighted by Crippen LogP contribution is -2.06. The topological polar surface area (TPSA) is 57.9 Å². The predicted octanol–water partition coefficient (Wildman–Crippen LogP) is 2.84. The Morgan fingerprint density at radius 3 is 2.26 bits per heavy atom. The Labute approximate surface area is 113 Å². The van der Waals surface area contributed by atoms with Crippen molar-refractivity contribution in [2.24, 2.45) is 0 Å². The fourth-order valence-electron chi connectivity index (χ4n) is 1.88. The molecule has 0 spiro atoms. The molecule has 2 aromatic carbocycles. The molecule has 0 aliphatic carbocycles. The quantitative estimate of drug-likeness (QED) is 0.862. The van der Waals surface area contributed by atoms with Crippen molar-refractivity contribution in [3.8, 4) is 6.07 Å². The van der Waals surface area contributed by atoms with Crippen molar-refractivity contribution < 1.29 is 8.42 Å². The van der Waals surface area contributed by atoms with Crippen LogP contribution in [-0.2, 0) is 15.6 Å². The minimum absolute atomic E-state index is 0.0520. The van der Waals surface area contributed by atoms with Gasteiger partial charge in [-0.1, -0.05) is 30.3 Å². The molecule has 0 saturated heterocycles. The van der Waals surface area contributed by atoms with E-state index in [1.807, 2.05) is 12.1 Å². The molecule has 0 N–H and O–H groups in total. The summed E-state index contributed by atoms with van der Waals surface area (Å²) in [7, 11) is -3.35. The number of benzene rings is 2. The molecule has 4 heteroatoms. The smallest absolute Gasteiger partial charge is 0.182 e. The van der Waals surface area contributed by atoms with Gasteiger partial charge in [0.1, 0.15) is 0 Å². The highest BCUT2D eigenvalue weighted by molar-refractivity contribution is 7.90. The Morgan fingerprint density at radius 2 is 1.68 bits per heavy atom. The first-order valence-corrected chi connectivity index (χ1v) is 7.45. The number of rotatable bonds is 3. The summed E-state index contributed by atoms with van der Waals surface area (Å²) in [6.45, 7) is 1.78. The zero-order valence-corrected chi connectivity index (χ0v) is 11.3. The fourth-order valence-corrected chi connectivity index (χ4v) is 3.51. The van der Waals surface area contributed by atoms with E-state index in [4.69, 9.17) is 5.26 Å². The van der Waals surface area contributed by atoms with Crippen LogP contribution in [0.25, 0.3) is 0 Å². The molecule has 0 aromatic heterocycles. The minimum Gasteiger partial charge on any atom is -0.223 e. The third-order valence-corrected chi connectivity index (χ3v) is 4.71. The van der Waals surface area contributed by atoms with E-state index in [2.05, 4.69) is 0 Å². The largest absolute Gasteiger partial charge is 0.223 e. The molecule has 2 rings (SSSR count).